The summed E-state index contributed by atoms with van der Waals surface area (Å²) in [5, 5.41) is 12.4. The van der Waals surface area contributed by atoms with Gasteiger partial charge >= 0.3 is 5.97 Å². The minimum atomic E-state index is -0.484. The Kier molecular flexibility index (Phi) is 9.24. The maximum atomic E-state index is 12.6. The summed E-state index contributed by atoms with van der Waals surface area (Å²) >= 11 is 3.03. The number of hydrogen-bond acceptors (Lipinski definition) is 8. The fourth-order valence-corrected chi connectivity index (χ4v) is 3.80. The number of aliphatic hydroxyl groups is 1. The van der Waals surface area contributed by atoms with Crippen LogP contribution in [0.5, 0.6) is 5.75 Å². The molecule has 0 aliphatic carbocycles. The number of rotatable bonds is 10. The standard InChI is InChI=1S/C21H23NO5S2/c1-4-20(24)27-22-14(2)21(25)18-10-9-17(13-19(18)28-3)29-16-7-5-15(6-8-16)26-12-11-23/h5-10,13,23H,4,11-12H2,1-3H3/b22-14+. The van der Waals surface area contributed by atoms with Gasteiger partial charge in [-0.2, -0.15) is 0 Å². The molecule has 0 aliphatic rings. The second-order valence-electron chi connectivity index (χ2n) is 5.83. The Labute approximate surface area is 178 Å². The lowest BCUT2D eigenvalue weighted by molar-refractivity contribution is -0.143. The van der Waals surface area contributed by atoms with Gasteiger partial charge in [0.1, 0.15) is 18.1 Å². The molecule has 6 nitrogen and oxygen atoms in total. The Morgan fingerprint density at radius 3 is 2.41 bits per heavy atom. The predicted octanol–water partition coefficient (Wildman–Crippen LogP) is 4.44. The van der Waals surface area contributed by atoms with Crippen molar-refractivity contribution in [3.05, 3.63) is 48.0 Å². The third-order valence-electron chi connectivity index (χ3n) is 3.74. The summed E-state index contributed by atoms with van der Waals surface area (Å²) in [6.07, 6.45) is 2.10. The molecular formula is C21H23NO5S2. The zero-order valence-corrected chi connectivity index (χ0v) is 18.1. The summed E-state index contributed by atoms with van der Waals surface area (Å²) in [7, 11) is 0. The number of ether oxygens (including phenoxy) is 1. The van der Waals surface area contributed by atoms with Crippen LogP contribution in [0.25, 0.3) is 0 Å². The molecule has 0 heterocycles. The van der Waals surface area contributed by atoms with E-state index >= 15 is 0 Å². The number of ketones is 1. The Hall–Kier alpha value is -2.29. The fourth-order valence-electron chi connectivity index (χ4n) is 2.25. The maximum absolute atomic E-state index is 12.6. The first-order valence-corrected chi connectivity index (χ1v) is 11.0. The number of Topliss-reactive ketones (excluding diaryl/α,β-unsaturated/α-hetero) is 1. The molecule has 0 bridgehead atoms. The van der Waals surface area contributed by atoms with E-state index in [9.17, 15) is 9.59 Å². The van der Waals surface area contributed by atoms with Crippen LogP contribution in [0.3, 0.4) is 0 Å². The van der Waals surface area contributed by atoms with Crippen LogP contribution in [0.15, 0.2) is 62.3 Å². The number of thioether (sulfide) groups is 1. The lowest BCUT2D eigenvalue weighted by atomic mass is 10.1. The van der Waals surface area contributed by atoms with E-state index in [1.807, 2.05) is 42.7 Å². The van der Waals surface area contributed by atoms with E-state index in [2.05, 4.69) is 5.16 Å². The first-order chi connectivity index (χ1) is 14.0. The summed E-state index contributed by atoms with van der Waals surface area (Å²) in [4.78, 5) is 31.4. The second kappa shape index (κ2) is 11.6. The van der Waals surface area contributed by atoms with Crippen LogP contribution < -0.4 is 4.74 Å². The van der Waals surface area contributed by atoms with E-state index in [-0.39, 0.29) is 31.1 Å². The molecule has 2 aromatic rings. The van der Waals surface area contributed by atoms with Gasteiger partial charge in [0.25, 0.3) is 0 Å². The van der Waals surface area contributed by atoms with Crippen molar-refractivity contribution in [3.8, 4) is 5.75 Å². The summed E-state index contributed by atoms with van der Waals surface area (Å²) in [5.74, 6) is -0.0605. The van der Waals surface area contributed by atoms with Crippen molar-refractivity contribution in [1.82, 2.24) is 0 Å². The number of hydrogen-bond donors (Lipinski definition) is 1. The summed E-state index contributed by atoms with van der Waals surface area (Å²) < 4.78 is 5.36. The van der Waals surface area contributed by atoms with Crippen molar-refractivity contribution in [2.75, 3.05) is 19.5 Å². The van der Waals surface area contributed by atoms with Crippen molar-refractivity contribution in [1.29, 1.82) is 0 Å². The van der Waals surface area contributed by atoms with Crippen LogP contribution in [0, 0.1) is 0 Å². The van der Waals surface area contributed by atoms with Gasteiger partial charge in [-0.3, -0.25) is 4.79 Å². The molecule has 0 aliphatic heterocycles. The molecule has 154 valence electrons. The van der Waals surface area contributed by atoms with Gasteiger partial charge in [0, 0.05) is 26.7 Å². The minimum absolute atomic E-state index is 0.0236. The van der Waals surface area contributed by atoms with Crippen molar-refractivity contribution in [2.45, 2.75) is 35.0 Å². The summed E-state index contributed by atoms with van der Waals surface area (Å²) in [6.45, 7) is 3.43. The van der Waals surface area contributed by atoms with Crippen LogP contribution in [0.1, 0.15) is 30.6 Å². The third kappa shape index (κ3) is 6.92. The zero-order chi connectivity index (χ0) is 21.2. The zero-order valence-electron chi connectivity index (χ0n) is 16.5. The monoisotopic (exact) mass is 433 g/mol. The van der Waals surface area contributed by atoms with Gasteiger partial charge in [-0.15, -0.1) is 11.8 Å². The Bertz CT molecular complexity index is 881. The molecule has 2 rings (SSSR count). The quantitative estimate of drug-likeness (QED) is 0.195. The average molecular weight is 434 g/mol. The van der Waals surface area contributed by atoms with Crippen molar-refractivity contribution in [2.24, 2.45) is 5.16 Å². The van der Waals surface area contributed by atoms with Gasteiger partial charge in [-0.1, -0.05) is 23.8 Å². The van der Waals surface area contributed by atoms with Gasteiger partial charge in [0.05, 0.1) is 6.61 Å². The molecule has 0 radical (unpaired) electrons. The number of benzene rings is 2. The predicted molar refractivity (Wildman–Crippen MR) is 115 cm³/mol. The molecule has 0 unspecified atom stereocenters. The highest BCUT2D eigenvalue weighted by Crippen LogP contribution is 2.33. The van der Waals surface area contributed by atoms with Crippen LogP contribution in [-0.2, 0) is 9.63 Å². The van der Waals surface area contributed by atoms with Gasteiger partial charge in [0.2, 0.25) is 5.78 Å². The average Bonchev–Trinajstić information content (AvgIpc) is 2.76. The van der Waals surface area contributed by atoms with Crippen LogP contribution in [0.2, 0.25) is 0 Å². The highest BCUT2D eigenvalue weighted by Gasteiger charge is 2.16. The highest BCUT2D eigenvalue weighted by molar-refractivity contribution is 7.99. The molecule has 0 saturated carbocycles. The fraction of sp³-hybridized carbons (Fsp3) is 0.286. The second-order valence-corrected chi connectivity index (χ2v) is 7.83. The first-order valence-electron chi connectivity index (χ1n) is 8.97. The maximum Gasteiger partial charge on any atom is 0.334 e. The van der Waals surface area contributed by atoms with E-state index < -0.39 is 5.97 Å². The van der Waals surface area contributed by atoms with Crippen LogP contribution >= 0.6 is 23.5 Å². The molecule has 0 amide bonds. The molecule has 0 spiro atoms. The molecule has 0 saturated heterocycles. The molecule has 0 fully saturated rings. The largest absolute Gasteiger partial charge is 0.491 e. The van der Waals surface area contributed by atoms with Gasteiger partial charge in [-0.05, 0) is 55.6 Å². The first kappa shape index (κ1) is 23.0. The van der Waals surface area contributed by atoms with E-state index in [1.54, 1.807) is 24.8 Å². The molecule has 0 atom stereocenters. The molecule has 2 aromatic carbocycles. The Morgan fingerprint density at radius 2 is 1.79 bits per heavy atom. The van der Waals surface area contributed by atoms with Crippen LogP contribution in [0.4, 0.5) is 0 Å². The lowest BCUT2D eigenvalue weighted by Crippen LogP contribution is -2.13. The topological polar surface area (TPSA) is 85.2 Å². The SMILES string of the molecule is CCC(=O)O/N=C(\C)C(=O)c1ccc(Sc2ccc(OCCO)cc2)cc1SC. The smallest absolute Gasteiger partial charge is 0.334 e. The van der Waals surface area contributed by atoms with Gasteiger partial charge < -0.3 is 14.7 Å². The minimum Gasteiger partial charge on any atom is -0.491 e. The van der Waals surface area contributed by atoms with E-state index in [4.69, 9.17) is 14.7 Å². The molecule has 8 heteroatoms. The van der Waals surface area contributed by atoms with Gasteiger partial charge in [-0.25, -0.2) is 4.79 Å². The van der Waals surface area contributed by atoms with Crippen molar-refractivity contribution in [3.63, 3.8) is 0 Å². The number of carbonyl (C=O) groups excluding carboxylic acids is 2. The lowest BCUT2D eigenvalue weighted by Gasteiger charge is -2.10. The Balaban J connectivity index is 2.13. The normalized spacial score (nSPS) is 11.2. The highest BCUT2D eigenvalue weighted by atomic mass is 32.2. The summed E-state index contributed by atoms with van der Waals surface area (Å²) in [5.41, 5.74) is 0.643. The number of oxime groups is 1. The van der Waals surface area contributed by atoms with Crippen molar-refractivity contribution >= 4 is 41.0 Å². The third-order valence-corrected chi connectivity index (χ3v) is 5.51. The van der Waals surface area contributed by atoms with Crippen LogP contribution in [-0.4, -0.2) is 42.0 Å². The molecule has 0 aromatic heterocycles. The van der Waals surface area contributed by atoms with E-state index in [1.165, 1.54) is 18.7 Å². The molecule has 29 heavy (non-hydrogen) atoms. The van der Waals surface area contributed by atoms with Gasteiger partial charge in [0.15, 0.2) is 0 Å². The Morgan fingerprint density at radius 1 is 1.10 bits per heavy atom. The molecule has 1 N–H and O–H groups in total. The number of carbonyl (C=O) groups is 2. The summed E-state index contributed by atoms with van der Waals surface area (Å²) in [6, 6.07) is 13.2. The number of nitrogens with zero attached hydrogens (tertiary/aromatic N) is 1. The molecular weight excluding hydrogens is 410 g/mol. The van der Waals surface area contributed by atoms with Crippen molar-refractivity contribution < 1.29 is 24.3 Å². The van der Waals surface area contributed by atoms with E-state index in [0.29, 0.717) is 11.3 Å². The van der Waals surface area contributed by atoms with E-state index in [0.717, 1.165) is 14.7 Å². The number of aliphatic hydroxyl groups excluding tert-OH is 1.